The van der Waals surface area contributed by atoms with E-state index in [1.54, 1.807) is 30.3 Å². The number of nitrogens with zero attached hydrogens (tertiary/aromatic N) is 1. The summed E-state index contributed by atoms with van der Waals surface area (Å²) in [5, 5.41) is 9.65. The van der Waals surface area contributed by atoms with Crippen LogP contribution < -0.4 is 0 Å². The SMILES string of the molecule is N#CCc1cccc(F)c1-c1cc(Cl)ccc1Cl. The minimum absolute atomic E-state index is 0.121. The van der Waals surface area contributed by atoms with Crippen molar-refractivity contribution in [1.29, 1.82) is 5.26 Å². The van der Waals surface area contributed by atoms with Gasteiger partial charge < -0.3 is 0 Å². The van der Waals surface area contributed by atoms with Crippen LogP contribution in [0.25, 0.3) is 11.1 Å². The molecular formula is C14H8Cl2FN. The van der Waals surface area contributed by atoms with Crippen molar-refractivity contribution < 1.29 is 4.39 Å². The lowest BCUT2D eigenvalue weighted by Crippen LogP contribution is -1.93. The fraction of sp³-hybridized carbons (Fsp3) is 0.0714. The van der Waals surface area contributed by atoms with Crippen LogP contribution in [-0.4, -0.2) is 0 Å². The molecule has 0 amide bonds. The van der Waals surface area contributed by atoms with E-state index >= 15 is 0 Å². The summed E-state index contributed by atoms with van der Waals surface area (Å²) in [4.78, 5) is 0. The molecule has 0 heterocycles. The minimum Gasteiger partial charge on any atom is -0.206 e. The monoisotopic (exact) mass is 279 g/mol. The lowest BCUT2D eigenvalue weighted by Gasteiger charge is -2.10. The van der Waals surface area contributed by atoms with Crippen LogP contribution in [0.15, 0.2) is 36.4 Å². The number of rotatable bonds is 2. The topological polar surface area (TPSA) is 23.8 Å². The zero-order chi connectivity index (χ0) is 13.1. The molecule has 90 valence electrons. The zero-order valence-electron chi connectivity index (χ0n) is 9.25. The fourth-order valence-corrected chi connectivity index (χ4v) is 2.18. The van der Waals surface area contributed by atoms with Gasteiger partial charge in [-0.15, -0.1) is 0 Å². The van der Waals surface area contributed by atoms with Crippen LogP contribution in [0.4, 0.5) is 4.39 Å². The maximum Gasteiger partial charge on any atom is 0.131 e. The summed E-state index contributed by atoms with van der Waals surface area (Å²) in [5.74, 6) is -0.410. The molecular weight excluding hydrogens is 272 g/mol. The molecule has 2 aromatic carbocycles. The Kier molecular flexibility index (Phi) is 3.86. The summed E-state index contributed by atoms with van der Waals surface area (Å²) >= 11 is 12.0. The molecule has 0 aliphatic rings. The Hall–Kier alpha value is -1.56. The predicted molar refractivity (Wildman–Crippen MR) is 71.2 cm³/mol. The summed E-state index contributed by atoms with van der Waals surface area (Å²) in [6.45, 7) is 0. The molecule has 0 spiro atoms. The Balaban J connectivity index is 2.70. The molecule has 18 heavy (non-hydrogen) atoms. The van der Waals surface area contributed by atoms with Gasteiger partial charge in [0.05, 0.1) is 12.5 Å². The van der Waals surface area contributed by atoms with Crippen LogP contribution in [0.3, 0.4) is 0 Å². The Morgan fingerprint density at radius 3 is 2.67 bits per heavy atom. The highest BCUT2D eigenvalue weighted by Crippen LogP contribution is 2.34. The lowest BCUT2D eigenvalue weighted by atomic mass is 9.97. The quantitative estimate of drug-likeness (QED) is 0.770. The molecule has 0 aliphatic carbocycles. The third-order valence-corrected chi connectivity index (χ3v) is 3.13. The van der Waals surface area contributed by atoms with Crippen LogP contribution in [0, 0.1) is 17.1 Å². The number of hydrogen-bond acceptors (Lipinski definition) is 1. The summed E-state index contributed by atoms with van der Waals surface area (Å²) in [7, 11) is 0. The second-order valence-corrected chi connectivity index (χ2v) is 4.58. The second kappa shape index (κ2) is 5.39. The van der Waals surface area contributed by atoms with E-state index in [2.05, 4.69) is 0 Å². The van der Waals surface area contributed by atoms with E-state index in [4.69, 9.17) is 28.5 Å². The third kappa shape index (κ3) is 2.48. The Morgan fingerprint density at radius 1 is 1.17 bits per heavy atom. The van der Waals surface area contributed by atoms with Crippen molar-refractivity contribution >= 4 is 23.2 Å². The normalized spacial score (nSPS) is 10.1. The molecule has 0 bridgehead atoms. The molecule has 0 aromatic heterocycles. The summed E-state index contributed by atoms with van der Waals surface area (Å²) < 4.78 is 14.0. The average molecular weight is 280 g/mol. The van der Waals surface area contributed by atoms with Gasteiger partial charge in [-0.2, -0.15) is 5.26 Å². The summed E-state index contributed by atoms with van der Waals surface area (Å²) in [6, 6.07) is 11.5. The number of halogens is 3. The molecule has 0 N–H and O–H groups in total. The van der Waals surface area contributed by atoms with Gasteiger partial charge in [0, 0.05) is 21.2 Å². The van der Waals surface area contributed by atoms with Crippen LogP contribution in [-0.2, 0) is 6.42 Å². The van der Waals surface area contributed by atoms with Crippen LogP contribution >= 0.6 is 23.2 Å². The molecule has 0 radical (unpaired) electrons. The second-order valence-electron chi connectivity index (χ2n) is 3.73. The molecule has 0 unspecified atom stereocenters. The molecule has 1 nitrogen and oxygen atoms in total. The van der Waals surface area contributed by atoms with Crippen molar-refractivity contribution in [2.75, 3.05) is 0 Å². The number of hydrogen-bond donors (Lipinski definition) is 0. The van der Waals surface area contributed by atoms with E-state index in [0.29, 0.717) is 26.7 Å². The smallest absolute Gasteiger partial charge is 0.131 e. The van der Waals surface area contributed by atoms with E-state index < -0.39 is 5.82 Å². The highest BCUT2D eigenvalue weighted by molar-refractivity contribution is 6.35. The van der Waals surface area contributed by atoms with Crippen LogP contribution in [0.1, 0.15) is 5.56 Å². The van der Waals surface area contributed by atoms with Gasteiger partial charge in [0.2, 0.25) is 0 Å². The standard InChI is InChI=1S/C14H8Cl2FN/c15-10-4-5-12(16)11(8-10)14-9(6-7-18)2-1-3-13(14)17/h1-5,8H,6H2. The lowest BCUT2D eigenvalue weighted by molar-refractivity contribution is 0.630. The third-order valence-electron chi connectivity index (χ3n) is 2.57. The largest absolute Gasteiger partial charge is 0.206 e. The molecule has 0 fully saturated rings. The highest BCUT2D eigenvalue weighted by atomic mass is 35.5. The van der Waals surface area contributed by atoms with E-state index in [9.17, 15) is 4.39 Å². The maximum absolute atomic E-state index is 14.0. The first kappa shape index (κ1) is 12.9. The van der Waals surface area contributed by atoms with Gasteiger partial charge in [-0.25, -0.2) is 4.39 Å². The molecule has 0 aliphatic heterocycles. The molecule has 2 rings (SSSR count). The average Bonchev–Trinajstić information content (AvgIpc) is 2.34. The van der Waals surface area contributed by atoms with Gasteiger partial charge in [-0.05, 0) is 29.8 Å². The van der Waals surface area contributed by atoms with Crippen molar-refractivity contribution in [3.05, 3.63) is 57.8 Å². The van der Waals surface area contributed by atoms with Crippen molar-refractivity contribution in [2.45, 2.75) is 6.42 Å². The molecule has 0 saturated heterocycles. The molecule has 4 heteroatoms. The number of benzene rings is 2. The van der Waals surface area contributed by atoms with E-state index in [1.165, 1.54) is 6.07 Å². The Labute approximate surface area is 114 Å². The highest BCUT2D eigenvalue weighted by Gasteiger charge is 2.14. The van der Waals surface area contributed by atoms with E-state index in [1.807, 2.05) is 6.07 Å². The van der Waals surface area contributed by atoms with Crippen molar-refractivity contribution in [3.8, 4) is 17.2 Å². The first-order chi connectivity index (χ1) is 8.63. The van der Waals surface area contributed by atoms with Gasteiger partial charge in [0.25, 0.3) is 0 Å². The minimum atomic E-state index is -0.410. The molecule has 0 atom stereocenters. The van der Waals surface area contributed by atoms with E-state index in [0.717, 1.165) is 0 Å². The predicted octanol–water partition coefficient (Wildman–Crippen LogP) is 4.87. The Bertz CT molecular complexity index is 632. The van der Waals surface area contributed by atoms with Gasteiger partial charge in [0.1, 0.15) is 5.82 Å². The van der Waals surface area contributed by atoms with Crippen molar-refractivity contribution in [1.82, 2.24) is 0 Å². The summed E-state index contributed by atoms with van der Waals surface area (Å²) in [5.41, 5.74) is 1.45. The van der Waals surface area contributed by atoms with Gasteiger partial charge in [-0.3, -0.25) is 0 Å². The fourth-order valence-electron chi connectivity index (χ4n) is 1.79. The first-order valence-corrected chi connectivity index (χ1v) is 5.99. The van der Waals surface area contributed by atoms with E-state index in [-0.39, 0.29) is 6.42 Å². The van der Waals surface area contributed by atoms with Crippen molar-refractivity contribution in [2.24, 2.45) is 0 Å². The van der Waals surface area contributed by atoms with Crippen LogP contribution in [0.5, 0.6) is 0 Å². The molecule has 0 saturated carbocycles. The van der Waals surface area contributed by atoms with Gasteiger partial charge in [-0.1, -0.05) is 35.3 Å². The first-order valence-electron chi connectivity index (χ1n) is 5.23. The number of nitriles is 1. The van der Waals surface area contributed by atoms with Gasteiger partial charge in [0.15, 0.2) is 0 Å². The summed E-state index contributed by atoms with van der Waals surface area (Å²) in [6.07, 6.45) is 0.121. The maximum atomic E-state index is 14.0. The molecule has 2 aromatic rings. The zero-order valence-corrected chi connectivity index (χ0v) is 10.8. The van der Waals surface area contributed by atoms with Crippen molar-refractivity contribution in [3.63, 3.8) is 0 Å². The Morgan fingerprint density at radius 2 is 1.94 bits per heavy atom. The van der Waals surface area contributed by atoms with Crippen LogP contribution in [0.2, 0.25) is 10.0 Å². The van der Waals surface area contributed by atoms with Gasteiger partial charge >= 0.3 is 0 Å².